The molecule has 0 aromatic heterocycles. The minimum Gasteiger partial charge on any atom is -0.459 e. The number of hydrogen-bond acceptors (Lipinski definition) is 5. The minimum atomic E-state index is -0.744. The van der Waals surface area contributed by atoms with E-state index in [1.165, 1.54) is 0 Å². The van der Waals surface area contributed by atoms with E-state index in [4.69, 9.17) is 4.74 Å². The summed E-state index contributed by atoms with van der Waals surface area (Å²) in [6.45, 7) is 3.51. The molecule has 18 heavy (non-hydrogen) atoms. The summed E-state index contributed by atoms with van der Waals surface area (Å²) in [7, 11) is 1.89. The maximum atomic E-state index is 11.7. The van der Waals surface area contributed by atoms with Crippen molar-refractivity contribution in [2.24, 2.45) is 0 Å². The summed E-state index contributed by atoms with van der Waals surface area (Å²) in [5.41, 5.74) is 0.586. The van der Waals surface area contributed by atoms with Gasteiger partial charge in [-0.25, -0.2) is 4.79 Å². The van der Waals surface area contributed by atoms with Crippen molar-refractivity contribution in [2.75, 3.05) is 7.05 Å². The van der Waals surface area contributed by atoms with Crippen LogP contribution in [0.5, 0.6) is 0 Å². The highest BCUT2D eigenvalue weighted by atomic mass is 16.5. The van der Waals surface area contributed by atoms with Crippen LogP contribution in [0.4, 0.5) is 0 Å². The molecule has 5 atom stereocenters. The Kier molecular flexibility index (Phi) is 3.75. The molecule has 3 unspecified atom stereocenters. The molecule has 2 saturated heterocycles. The summed E-state index contributed by atoms with van der Waals surface area (Å²) >= 11 is 0. The number of rotatable bonds is 2. The fourth-order valence-electron chi connectivity index (χ4n) is 2.89. The predicted molar refractivity (Wildman–Crippen MR) is 65.9 cm³/mol. The Morgan fingerprint density at radius 2 is 1.78 bits per heavy atom. The van der Waals surface area contributed by atoms with Gasteiger partial charge in [0.25, 0.3) is 0 Å². The van der Waals surface area contributed by atoms with Crippen molar-refractivity contribution < 1.29 is 19.7 Å². The van der Waals surface area contributed by atoms with Crippen molar-refractivity contribution in [3.8, 4) is 0 Å². The van der Waals surface area contributed by atoms with Gasteiger partial charge in [0.2, 0.25) is 0 Å². The number of hydrogen-bond donors (Lipinski definition) is 2. The second kappa shape index (κ2) is 4.99. The Balaban J connectivity index is 2.02. The van der Waals surface area contributed by atoms with Crippen molar-refractivity contribution in [1.82, 2.24) is 4.90 Å². The molecule has 0 aromatic carbocycles. The zero-order valence-electron chi connectivity index (χ0n) is 11.0. The van der Waals surface area contributed by atoms with Gasteiger partial charge in [-0.15, -0.1) is 0 Å². The van der Waals surface area contributed by atoms with E-state index < -0.39 is 12.2 Å². The smallest absolute Gasteiger partial charge is 0.333 e. The van der Waals surface area contributed by atoms with E-state index in [2.05, 4.69) is 0 Å². The molecule has 2 heterocycles. The molecule has 0 saturated carbocycles. The van der Waals surface area contributed by atoms with Crippen molar-refractivity contribution in [1.29, 1.82) is 0 Å². The van der Waals surface area contributed by atoms with Crippen LogP contribution in [0, 0.1) is 0 Å². The number of aliphatic hydroxyl groups is 2. The number of ether oxygens (including phenoxy) is 1. The average molecular weight is 255 g/mol. The molecule has 0 amide bonds. The van der Waals surface area contributed by atoms with Crippen molar-refractivity contribution in [3.63, 3.8) is 0 Å². The number of likely N-dealkylation sites (N-methyl/N-ethyl adjacent to an activating group) is 1. The number of fused-ring (bicyclic) bond motifs is 2. The Labute approximate surface area is 107 Å². The van der Waals surface area contributed by atoms with Gasteiger partial charge in [-0.05, 0) is 20.9 Å². The summed E-state index contributed by atoms with van der Waals surface area (Å²) in [6, 6.07) is -0.245. The van der Waals surface area contributed by atoms with E-state index >= 15 is 0 Å². The Morgan fingerprint density at radius 3 is 2.22 bits per heavy atom. The topological polar surface area (TPSA) is 70.0 Å². The Morgan fingerprint density at radius 1 is 1.28 bits per heavy atom. The summed E-state index contributed by atoms with van der Waals surface area (Å²) in [5.74, 6) is -0.310. The van der Waals surface area contributed by atoms with Crippen LogP contribution in [0.2, 0.25) is 0 Å². The quantitative estimate of drug-likeness (QED) is 0.539. The van der Waals surface area contributed by atoms with Crippen LogP contribution in [0.15, 0.2) is 11.6 Å². The highest BCUT2D eigenvalue weighted by Gasteiger charge is 2.51. The van der Waals surface area contributed by atoms with E-state index in [9.17, 15) is 15.0 Å². The molecule has 2 aliphatic heterocycles. The lowest BCUT2D eigenvalue weighted by Crippen LogP contribution is -2.46. The molecule has 0 aliphatic carbocycles. The number of carbonyl (C=O) groups excluding carboxylic acids is 1. The van der Waals surface area contributed by atoms with Crippen molar-refractivity contribution >= 4 is 5.97 Å². The maximum Gasteiger partial charge on any atom is 0.333 e. The summed E-state index contributed by atoms with van der Waals surface area (Å²) in [4.78, 5) is 13.7. The van der Waals surface area contributed by atoms with Crippen molar-refractivity contribution in [2.45, 2.75) is 57.1 Å². The molecule has 0 spiro atoms. The van der Waals surface area contributed by atoms with E-state index in [0.29, 0.717) is 18.4 Å². The molecule has 2 rings (SSSR count). The normalized spacial score (nSPS) is 40.9. The zero-order chi connectivity index (χ0) is 13.4. The van der Waals surface area contributed by atoms with Gasteiger partial charge in [0.15, 0.2) is 0 Å². The molecular weight excluding hydrogens is 234 g/mol. The van der Waals surface area contributed by atoms with Gasteiger partial charge in [0.05, 0.1) is 12.2 Å². The number of esters is 1. The first-order chi connectivity index (χ1) is 8.45. The van der Waals surface area contributed by atoms with Gasteiger partial charge in [-0.1, -0.05) is 6.08 Å². The van der Waals surface area contributed by atoms with E-state index in [1.807, 2.05) is 11.9 Å². The monoisotopic (exact) mass is 255 g/mol. The molecule has 5 nitrogen and oxygen atoms in total. The van der Waals surface area contributed by atoms with Crippen LogP contribution >= 0.6 is 0 Å². The lowest BCUT2D eigenvalue weighted by Gasteiger charge is -2.35. The van der Waals surface area contributed by atoms with Crippen molar-refractivity contribution in [3.05, 3.63) is 11.6 Å². The Bertz CT molecular complexity index is 342. The van der Waals surface area contributed by atoms with Gasteiger partial charge in [0.1, 0.15) is 6.10 Å². The fraction of sp³-hybridized carbons (Fsp3) is 0.769. The van der Waals surface area contributed by atoms with Gasteiger partial charge in [-0.2, -0.15) is 0 Å². The molecular formula is C13H21NO4. The van der Waals surface area contributed by atoms with Gasteiger partial charge in [0, 0.05) is 30.5 Å². The lowest BCUT2D eigenvalue weighted by molar-refractivity contribution is -0.148. The SMILES string of the molecule is C/C=C(\C)C(=O)OC1CC2C(O)[C@H](O)[C@H](C1)N2C. The first kappa shape index (κ1) is 13.5. The molecule has 102 valence electrons. The highest BCUT2D eigenvalue weighted by Crippen LogP contribution is 2.36. The van der Waals surface area contributed by atoms with Crippen LogP contribution in [0.25, 0.3) is 0 Å². The second-order valence-electron chi connectivity index (χ2n) is 5.25. The van der Waals surface area contributed by atoms with Crippen LogP contribution in [-0.2, 0) is 9.53 Å². The largest absolute Gasteiger partial charge is 0.459 e. The second-order valence-corrected chi connectivity index (χ2v) is 5.25. The number of nitrogens with zero attached hydrogens (tertiary/aromatic N) is 1. The summed E-state index contributed by atoms with van der Waals surface area (Å²) < 4.78 is 5.41. The van der Waals surface area contributed by atoms with Gasteiger partial charge >= 0.3 is 5.97 Å². The molecule has 0 radical (unpaired) electrons. The van der Waals surface area contributed by atoms with Gasteiger partial charge < -0.3 is 14.9 Å². The first-order valence-corrected chi connectivity index (χ1v) is 6.37. The van der Waals surface area contributed by atoms with E-state index in [-0.39, 0.29) is 24.2 Å². The van der Waals surface area contributed by atoms with Crippen LogP contribution in [0.3, 0.4) is 0 Å². The summed E-state index contributed by atoms with van der Waals surface area (Å²) in [6.07, 6.45) is 1.17. The molecule has 5 heteroatoms. The third kappa shape index (κ3) is 2.18. The molecule has 0 aromatic rings. The molecule has 2 fully saturated rings. The standard InChI is InChI=1S/C13H21NO4/c1-4-7(2)13(17)18-8-5-9-11(15)12(16)10(6-8)14(9)3/h4,8-12,15-16H,5-6H2,1-3H3/b7-4+/t8?,9-,10?,11+,12?/m0/s1. The average Bonchev–Trinajstić information content (AvgIpc) is 2.50. The van der Waals surface area contributed by atoms with Gasteiger partial charge in [-0.3, -0.25) is 4.90 Å². The molecule has 2 aliphatic rings. The summed E-state index contributed by atoms with van der Waals surface area (Å²) in [5, 5.41) is 19.8. The number of aliphatic hydroxyl groups excluding tert-OH is 2. The predicted octanol–water partition coefficient (Wildman–Crippen LogP) is 0.0626. The van der Waals surface area contributed by atoms with Crippen LogP contribution in [0.1, 0.15) is 26.7 Å². The fourth-order valence-corrected chi connectivity index (χ4v) is 2.89. The number of carbonyl (C=O) groups is 1. The van der Waals surface area contributed by atoms with E-state index in [0.717, 1.165) is 0 Å². The maximum absolute atomic E-state index is 11.7. The lowest BCUT2D eigenvalue weighted by atomic mass is 10.00. The highest BCUT2D eigenvalue weighted by molar-refractivity contribution is 5.87. The first-order valence-electron chi connectivity index (χ1n) is 6.37. The Hall–Kier alpha value is -0.910. The minimum absolute atomic E-state index is 0.123. The molecule has 2 bridgehead atoms. The van der Waals surface area contributed by atoms with Crippen LogP contribution < -0.4 is 0 Å². The molecule has 2 N–H and O–H groups in total. The zero-order valence-corrected chi connectivity index (χ0v) is 11.0. The number of allylic oxidation sites excluding steroid dienone is 1. The third-order valence-corrected chi connectivity index (χ3v) is 4.22. The van der Waals surface area contributed by atoms with E-state index in [1.54, 1.807) is 19.9 Å². The van der Waals surface area contributed by atoms with Crippen LogP contribution in [-0.4, -0.2) is 58.5 Å². The number of piperidine rings is 1. The third-order valence-electron chi connectivity index (χ3n) is 4.22.